The first-order chi connectivity index (χ1) is 14.2. The molecule has 3 atom stereocenters. The number of nitrogens with one attached hydrogen (secondary N) is 2. The number of methoxy groups -OCH3 is 3. The largest absolute Gasteiger partial charge is 0.469 e. The van der Waals surface area contributed by atoms with Gasteiger partial charge in [-0.25, -0.2) is 4.79 Å². The van der Waals surface area contributed by atoms with E-state index in [0.29, 0.717) is 0 Å². The fraction of sp³-hybridized carbons (Fsp3) is 0.450. The molecule has 0 aliphatic carbocycles. The molecule has 30 heavy (non-hydrogen) atoms. The summed E-state index contributed by atoms with van der Waals surface area (Å²) in [5.74, 6) is -5.22. The Morgan fingerprint density at radius 1 is 0.867 bits per heavy atom. The Kier molecular flexibility index (Phi) is 10.0. The van der Waals surface area contributed by atoms with Crippen molar-refractivity contribution in [3.63, 3.8) is 0 Å². The average molecular weight is 422 g/mol. The van der Waals surface area contributed by atoms with Crippen LogP contribution < -0.4 is 10.6 Å². The van der Waals surface area contributed by atoms with Crippen LogP contribution in [-0.4, -0.2) is 63.1 Å². The molecule has 0 saturated heterocycles. The second-order valence-electron chi connectivity index (χ2n) is 6.36. The minimum atomic E-state index is -1.53. The molecule has 164 valence electrons. The van der Waals surface area contributed by atoms with Crippen molar-refractivity contribution < 1.29 is 38.2 Å². The number of amides is 2. The minimum absolute atomic E-state index is 0.139. The molecule has 0 aromatic heterocycles. The predicted molar refractivity (Wildman–Crippen MR) is 104 cm³/mol. The standard InChI is InChI=1S/C20H26N2O8/c1-12(23)21-15(10-13-8-6-5-7-9-13)18(25)22-17(20(27)30-4)14(19(26)29-3)11-16(24)28-2/h5-9,14-15,17H,10-11H2,1-4H3,(H,21,23)(H,22,25)/t14-,15+,17+/m0/s1. The lowest BCUT2D eigenvalue weighted by atomic mass is 9.95. The highest BCUT2D eigenvalue weighted by molar-refractivity contribution is 5.94. The van der Waals surface area contributed by atoms with Crippen LogP contribution in [0, 0.1) is 5.92 Å². The van der Waals surface area contributed by atoms with Gasteiger partial charge in [0.1, 0.15) is 12.1 Å². The first kappa shape index (κ1) is 24.6. The summed E-state index contributed by atoms with van der Waals surface area (Å²) in [6, 6.07) is 6.34. The summed E-state index contributed by atoms with van der Waals surface area (Å²) in [6.45, 7) is 1.25. The van der Waals surface area contributed by atoms with E-state index in [9.17, 15) is 24.0 Å². The number of carbonyl (C=O) groups excluding carboxylic acids is 5. The zero-order valence-electron chi connectivity index (χ0n) is 17.3. The maximum absolute atomic E-state index is 12.9. The molecule has 0 heterocycles. The lowest BCUT2D eigenvalue weighted by Gasteiger charge is -2.26. The zero-order valence-corrected chi connectivity index (χ0v) is 17.3. The Morgan fingerprint density at radius 3 is 1.97 bits per heavy atom. The maximum atomic E-state index is 12.9. The molecule has 0 bridgehead atoms. The van der Waals surface area contributed by atoms with Gasteiger partial charge in [0.05, 0.1) is 33.7 Å². The maximum Gasteiger partial charge on any atom is 0.329 e. The second-order valence-corrected chi connectivity index (χ2v) is 6.36. The van der Waals surface area contributed by atoms with Crippen molar-refractivity contribution in [2.45, 2.75) is 31.8 Å². The van der Waals surface area contributed by atoms with Crippen molar-refractivity contribution >= 4 is 29.7 Å². The van der Waals surface area contributed by atoms with Gasteiger partial charge in [0, 0.05) is 13.3 Å². The molecule has 0 unspecified atom stereocenters. The van der Waals surface area contributed by atoms with Gasteiger partial charge in [0.25, 0.3) is 0 Å². The van der Waals surface area contributed by atoms with E-state index in [1.807, 2.05) is 0 Å². The molecule has 10 nitrogen and oxygen atoms in total. The van der Waals surface area contributed by atoms with Crippen molar-refractivity contribution in [3.05, 3.63) is 35.9 Å². The number of ether oxygens (including phenoxy) is 3. The molecule has 1 rings (SSSR count). The van der Waals surface area contributed by atoms with Crippen molar-refractivity contribution in [2.75, 3.05) is 21.3 Å². The Bertz CT molecular complexity index is 765. The topological polar surface area (TPSA) is 137 Å². The van der Waals surface area contributed by atoms with Crippen molar-refractivity contribution in [1.82, 2.24) is 10.6 Å². The molecule has 0 fully saturated rings. The van der Waals surface area contributed by atoms with E-state index in [1.165, 1.54) is 6.92 Å². The fourth-order valence-electron chi connectivity index (χ4n) is 2.76. The van der Waals surface area contributed by atoms with Crippen LogP contribution in [0.25, 0.3) is 0 Å². The smallest absolute Gasteiger partial charge is 0.329 e. The summed E-state index contributed by atoms with van der Waals surface area (Å²) >= 11 is 0. The van der Waals surface area contributed by atoms with E-state index in [4.69, 9.17) is 0 Å². The lowest BCUT2D eigenvalue weighted by molar-refractivity contribution is -0.159. The summed E-state index contributed by atoms with van der Waals surface area (Å²) in [6.07, 6.45) is -0.382. The van der Waals surface area contributed by atoms with Crippen LogP contribution in [0.3, 0.4) is 0 Å². The average Bonchev–Trinajstić information content (AvgIpc) is 2.74. The molecule has 0 radical (unpaired) electrons. The SMILES string of the molecule is COC(=O)C[C@H](C(=O)OC)[C@@H](NC(=O)[C@@H](Cc1ccccc1)NC(C)=O)C(=O)OC. The minimum Gasteiger partial charge on any atom is -0.469 e. The molecule has 2 N–H and O–H groups in total. The first-order valence-electron chi connectivity index (χ1n) is 9.07. The van der Waals surface area contributed by atoms with Gasteiger partial charge in [0.15, 0.2) is 0 Å². The van der Waals surface area contributed by atoms with Gasteiger partial charge in [-0.1, -0.05) is 30.3 Å². The first-order valence-corrected chi connectivity index (χ1v) is 9.07. The van der Waals surface area contributed by atoms with Gasteiger partial charge in [-0.3, -0.25) is 19.2 Å². The highest BCUT2D eigenvalue weighted by Crippen LogP contribution is 2.15. The fourth-order valence-corrected chi connectivity index (χ4v) is 2.76. The quantitative estimate of drug-likeness (QED) is 0.389. The molecular formula is C20H26N2O8. The van der Waals surface area contributed by atoms with E-state index in [-0.39, 0.29) is 6.42 Å². The third kappa shape index (κ3) is 7.53. The summed E-state index contributed by atoms with van der Waals surface area (Å²) < 4.78 is 13.9. The summed E-state index contributed by atoms with van der Waals surface area (Å²) in [5, 5.41) is 4.92. The Morgan fingerprint density at radius 2 is 1.47 bits per heavy atom. The molecule has 1 aromatic carbocycles. The van der Waals surface area contributed by atoms with E-state index in [1.54, 1.807) is 30.3 Å². The Hall–Kier alpha value is -3.43. The number of benzene rings is 1. The van der Waals surface area contributed by atoms with Crippen LogP contribution in [-0.2, 0) is 44.6 Å². The number of esters is 3. The monoisotopic (exact) mass is 422 g/mol. The summed E-state index contributed by atoms with van der Waals surface area (Å²) in [4.78, 5) is 60.7. The Labute approximate surface area is 174 Å². The van der Waals surface area contributed by atoms with Crippen LogP contribution in [0.4, 0.5) is 0 Å². The van der Waals surface area contributed by atoms with Gasteiger partial charge < -0.3 is 24.8 Å². The van der Waals surface area contributed by atoms with E-state index in [2.05, 4.69) is 24.8 Å². The summed E-state index contributed by atoms with van der Waals surface area (Å²) in [7, 11) is 3.27. The highest BCUT2D eigenvalue weighted by atomic mass is 16.5. The van der Waals surface area contributed by atoms with Gasteiger partial charge in [0.2, 0.25) is 11.8 Å². The van der Waals surface area contributed by atoms with Crippen LogP contribution in [0.1, 0.15) is 18.9 Å². The van der Waals surface area contributed by atoms with E-state index >= 15 is 0 Å². The van der Waals surface area contributed by atoms with Crippen LogP contribution in [0.15, 0.2) is 30.3 Å². The van der Waals surface area contributed by atoms with Crippen molar-refractivity contribution in [3.8, 4) is 0 Å². The van der Waals surface area contributed by atoms with Crippen LogP contribution in [0.2, 0.25) is 0 Å². The third-order valence-electron chi connectivity index (χ3n) is 4.25. The highest BCUT2D eigenvalue weighted by Gasteiger charge is 2.39. The third-order valence-corrected chi connectivity index (χ3v) is 4.25. The van der Waals surface area contributed by atoms with Gasteiger partial charge in [-0.15, -0.1) is 0 Å². The van der Waals surface area contributed by atoms with Crippen LogP contribution >= 0.6 is 0 Å². The number of carbonyl (C=O) groups is 5. The number of rotatable bonds is 10. The van der Waals surface area contributed by atoms with Gasteiger partial charge >= 0.3 is 17.9 Å². The molecule has 0 aliphatic heterocycles. The number of hydrogen-bond donors (Lipinski definition) is 2. The zero-order chi connectivity index (χ0) is 22.7. The van der Waals surface area contributed by atoms with Crippen molar-refractivity contribution in [2.24, 2.45) is 5.92 Å². The molecule has 2 amide bonds. The van der Waals surface area contributed by atoms with Gasteiger partial charge in [-0.2, -0.15) is 0 Å². The molecule has 0 spiro atoms. The predicted octanol–water partition coefficient (Wildman–Crippen LogP) is -0.256. The molecular weight excluding hydrogens is 396 g/mol. The molecule has 1 aromatic rings. The van der Waals surface area contributed by atoms with Crippen LogP contribution in [0.5, 0.6) is 0 Å². The normalized spacial score (nSPS) is 13.2. The lowest BCUT2D eigenvalue weighted by Crippen LogP contribution is -2.56. The second kappa shape index (κ2) is 12.2. The molecule has 0 aliphatic rings. The Balaban J connectivity index is 3.15. The van der Waals surface area contributed by atoms with E-state index in [0.717, 1.165) is 26.9 Å². The molecule has 0 saturated carbocycles. The van der Waals surface area contributed by atoms with Crippen molar-refractivity contribution in [1.29, 1.82) is 0 Å². The number of hydrogen-bond acceptors (Lipinski definition) is 8. The van der Waals surface area contributed by atoms with E-state index < -0.39 is 54.1 Å². The summed E-state index contributed by atoms with van der Waals surface area (Å²) in [5.41, 5.74) is 0.764. The molecule has 10 heteroatoms. The van der Waals surface area contributed by atoms with Gasteiger partial charge in [-0.05, 0) is 5.56 Å².